The van der Waals surface area contributed by atoms with Crippen molar-refractivity contribution in [3.05, 3.63) is 24.0 Å². The molecule has 0 spiro atoms. The molecule has 0 atom stereocenters. The van der Waals surface area contributed by atoms with Crippen LogP contribution in [0.5, 0.6) is 5.75 Å². The lowest BCUT2D eigenvalue weighted by atomic mass is 10.1. The van der Waals surface area contributed by atoms with Crippen LogP contribution in [0.4, 0.5) is 10.1 Å². The number of piperazine rings is 1. The van der Waals surface area contributed by atoms with Crippen molar-refractivity contribution in [2.45, 2.75) is 19.4 Å². The van der Waals surface area contributed by atoms with Crippen LogP contribution in [0.25, 0.3) is 0 Å². The number of ether oxygens (including phenoxy) is 1. The molecule has 6 heteroatoms. The number of halogens is 2. The maximum Gasteiger partial charge on any atom is 0.165 e. The van der Waals surface area contributed by atoms with Crippen LogP contribution < -0.4 is 15.4 Å². The van der Waals surface area contributed by atoms with E-state index in [0.29, 0.717) is 5.75 Å². The standard InChI is InChI=1S/C15H24FN3O.ClH/c1-15(2,17)11-18-6-8-19(9-7-18)12-4-5-13(16)14(10-12)20-3;/h4-5,10H,6-9,11,17H2,1-3H3;1H. The number of nitrogens with zero attached hydrogens (tertiary/aromatic N) is 2. The van der Waals surface area contributed by atoms with Gasteiger partial charge in [-0.05, 0) is 26.0 Å². The van der Waals surface area contributed by atoms with Crippen LogP contribution in [-0.2, 0) is 0 Å². The largest absolute Gasteiger partial charge is 0.494 e. The van der Waals surface area contributed by atoms with Gasteiger partial charge in [0, 0.05) is 50.0 Å². The molecular formula is C15H25ClFN3O. The van der Waals surface area contributed by atoms with Gasteiger partial charge >= 0.3 is 0 Å². The van der Waals surface area contributed by atoms with Crippen LogP contribution >= 0.6 is 12.4 Å². The normalized spacial score (nSPS) is 16.5. The summed E-state index contributed by atoms with van der Waals surface area (Å²) in [5.41, 5.74) is 6.90. The third-order valence-corrected chi connectivity index (χ3v) is 3.50. The monoisotopic (exact) mass is 317 g/mol. The summed E-state index contributed by atoms with van der Waals surface area (Å²) in [7, 11) is 1.49. The fourth-order valence-corrected chi connectivity index (χ4v) is 2.59. The van der Waals surface area contributed by atoms with E-state index in [1.54, 1.807) is 12.1 Å². The zero-order chi connectivity index (χ0) is 14.8. The Morgan fingerprint density at radius 1 is 1.24 bits per heavy atom. The Bertz CT molecular complexity index is 457. The first-order valence-corrected chi connectivity index (χ1v) is 6.99. The van der Waals surface area contributed by atoms with Gasteiger partial charge in [0.1, 0.15) is 0 Å². The summed E-state index contributed by atoms with van der Waals surface area (Å²) in [6.07, 6.45) is 0. The minimum absolute atomic E-state index is 0. The van der Waals surface area contributed by atoms with Gasteiger partial charge in [-0.25, -0.2) is 4.39 Å². The topological polar surface area (TPSA) is 41.7 Å². The molecule has 0 saturated carbocycles. The van der Waals surface area contributed by atoms with Crippen LogP contribution in [-0.4, -0.2) is 50.3 Å². The van der Waals surface area contributed by atoms with Crippen LogP contribution in [0.1, 0.15) is 13.8 Å². The van der Waals surface area contributed by atoms with Gasteiger partial charge in [-0.15, -0.1) is 12.4 Å². The number of anilines is 1. The Hall–Kier alpha value is -1.04. The number of hydrogen-bond acceptors (Lipinski definition) is 4. The maximum atomic E-state index is 13.4. The molecule has 1 aromatic carbocycles. The first-order chi connectivity index (χ1) is 9.39. The molecule has 2 N–H and O–H groups in total. The molecule has 1 fully saturated rings. The Labute approximate surface area is 132 Å². The summed E-state index contributed by atoms with van der Waals surface area (Å²) < 4.78 is 18.5. The molecule has 120 valence electrons. The van der Waals surface area contributed by atoms with Gasteiger partial charge in [-0.2, -0.15) is 0 Å². The van der Waals surface area contributed by atoms with Gasteiger partial charge in [-0.3, -0.25) is 4.90 Å². The van der Waals surface area contributed by atoms with Gasteiger partial charge in [0.05, 0.1) is 7.11 Å². The van der Waals surface area contributed by atoms with Crippen molar-refractivity contribution < 1.29 is 9.13 Å². The molecular weight excluding hydrogens is 293 g/mol. The summed E-state index contributed by atoms with van der Waals surface area (Å²) in [5.74, 6) is -0.0206. The zero-order valence-electron chi connectivity index (χ0n) is 12.9. The SMILES string of the molecule is COc1cc(N2CCN(CC(C)(C)N)CC2)ccc1F.Cl. The molecule has 0 unspecified atom stereocenters. The van der Waals surface area contributed by atoms with Gasteiger partial charge in [0.15, 0.2) is 11.6 Å². The Balaban J connectivity index is 0.00000220. The first kappa shape index (κ1) is 18.0. The number of nitrogens with two attached hydrogens (primary N) is 1. The molecule has 2 rings (SSSR count). The highest BCUT2D eigenvalue weighted by molar-refractivity contribution is 5.85. The minimum Gasteiger partial charge on any atom is -0.494 e. The lowest BCUT2D eigenvalue weighted by Gasteiger charge is -2.38. The number of hydrogen-bond donors (Lipinski definition) is 1. The molecule has 1 aliphatic heterocycles. The molecule has 0 aliphatic carbocycles. The second-order valence-corrected chi connectivity index (χ2v) is 6.07. The first-order valence-electron chi connectivity index (χ1n) is 6.99. The summed E-state index contributed by atoms with van der Waals surface area (Å²) >= 11 is 0. The molecule has 4 nitrogen and oxygen atoms in total. The van der Waals surface area contributed by atoms with E-state index in [1.165, 1.54) is 13.2 Å². The van der Waals surface area contributed by atoms with E-state index in [4.69, 9.17) is 10.5 Å². The second-order valence-electron chi connectivity index (χ2n) is 6.07. The van der Waals surface area contributed by atoms with E-state index >= 15 is 0 Å². The Morgan fingerprint density at radius 2 is 1.86 bits per heavy atom. The van der Waals surface area contributed by atoms with Gasteiger partial charge in [-0.1, -0.05) is 0 Å². The molecule has 0 bridgehead atoms. The quantitative estimate of drug-likeness (QED) is 0.923. The highest BCUT2D eigenvalue weighted by atomic mass is 35.5. The van der Waals surface area contributed by atoms with E-state index in [1.807, 2.05) is 13.8 Å². The number of methoxy groups -OCH3 is 1. The second kappa shape index (κ2) is 7.29. The van der Waals surface area contributed by atoms with Crippen LogP contribution in [0.2, 0.25) is 0 Å². The summed E-state index contributed by atoms with van der Waals surface area (Å²) in [5, 5.41) is 0. The van der Waals surface area contributed by atoms with Gasteiger partial charge in [0.2, 0.25) is 0 Å². The number of rotatable bonds is 4. The highest BCUT2D eigenvalue weighted by Gasteiger charge is 2.22. The predicted molar refractivity (Wildman–Crippen MR) is 87.1 cm³/mol. The van der Waals surface area contributed by atoms with E-state index in [9.17, 15) is 4.39 Å². The van der Waals surface area contributed by atoms with Crippen molar-refractivity contribution in [1.82, 2.24) is 4.90 Å². The van der Waals surface area contributed by atoms with Crippen molar-refractivity contribution in [3.63, 3.8) is 0 Å². The molecule has 0 amide bonds. The van der Waals surface area contributed by atoms with E-state index in [0.717, 1.165) is 38.4 Å². The molecule has 1 saturated heterocycles. The lowest BCUT2D eigenvalue weighted by molar-refractivity contribution is 0.214. The van der Waals surface area contributed by atoms with Crippen LogP contribution in [0.15, 0.2) is 18.2 Å². The fraction of sp³-hybridized carbons (Fsp3) is 0.600. The maximum absolute atomic E-state index is 13.4. The van der Waals surface area contributed by atoms with E-state index < -0.39 is 0 Å². The number of benzene rings is 1. The Kier molecular flexibility index (Phi) is 6.25. The van der Waals surface area contributed by atoms with E-state index in [-0.39, 0.29) is 23.8 Å². The highest BCUT2D eigenvalue weighted by Crippen LogP contribution is 2.25. The van der Waals surface area contributed by atoms with Crippen molar-refractivity contribution in [1.29, 1.82) is 0 Å². The van der Waals surface area contributed by atoms with Crippen molar-refractivity contribution in [2.24, 2.45) is 5.73 Å². The average Bonchev–Trinajstić information content (AvgIpc) is 2.38. The summed E-state index contributed by atoms with van der Waals surface area (Å²) in [6, 6.07) is 5.03. The lowest BCUT2D eigenvalue weighted by Crippen LogP contribution is -2.53. The molecule has 0 radical (unpaired) electrons. The summed E-state index contributed by atoms with van der Waals surface area (Å²) in [6.45, 7) is 8.78. The smallest absolute Gasteiger partial charge is 0.165 e. The fourth-order valence-electron chi connectivity index (χ4n) is 2.59. The molecule has 1 aromatic rings. The Morgan fingerprint density at radius 3 is 2.38 bits per heavy atom. The molecule has 1 aliphatic rings. The third-order valence-electron chi connectivity index (χ3n) is 3.50. The minimum atomic E-state index is -0.320. The van der Waals surface area contributed by atoms with Crippen LogP contribution in [0.3, 0.4) is 0 Å². The van der Waals surface area contributed by atoms with Crippen molar-refractivity contribution >= 4 is 18.1 Å². The molecule has 1 heterocycles. The van der Waals surface area contributed by atoms with Crippen LogP contribution in [0, 0.1) is 5.82 Å². The summed E-state index contributed by atoms with van der Waals surface area (Å²) in [4.78, 5) is 4.62. The molecule has 21 heavy (non-hydrogen) atoms. The predicted octanol–water partition coefficient (Wildman–Crippen LogP) is 2.12. The van der Waals surface area contributed by atoms with Gasteiger partial charge < -0.3 is 15.4 Å². The van der Waals surface area contributed by atoms with Crippen molar-refractivity contribution in [2.75, 3.05) is 44.7 Å². The van der Waals surface area contributed by atoms with E-state index in [2.05, 4.69) is 9.80 Å². The average molecular weight is 318 g/mol. The third kappa shape index (κ3) is 5.02. The zero-order valence-corrected chi connectivity index (χ0v) is 13.8. The van der Waals surface area contributed by atoms with Crippen molar-refractivity contribution in [3.8, 4) is 5.75 Å². The molecule has 0 aromatic heterocycles. The van der Waals surface area contributed by atoms with Gasteiger partial charge in [0.25, 0.3) is 0 Å².